The second-order valence-corrected chi connectivity index (χ2v) is 3.38. The molecule has 1 heterocycles. The fourth-order valence-electron chi connectivity index (χ4n) is 0.933. The molecule has 0 aliphatic rings. The second kappa shape index (κ2) is 5.00. The van der Waals surface area contributed by atoms with Crippen molar-refractivity contribution in [3.8, 4) is 5.88 Å². The van der Waals surface area contributed by atoms with Crippen LogP contribution in [-0.2, 0) is 0 Å². The average Bonchev–Trinajstić information content (AvgIpc) is 2.13. The van der Waals surface area contributed by atoms with E-state index in [4.69, 9.17) is 4.74 Å². The Morgan fingerprint density at radius 3 is 2.62 bits per heavy atom. The van der Waals surface area contributed by atoms with Crippen LogP contribution in [0.1, 0.15) is 13.8 Å². The molecule has 0 spiro atoms. The van der Waals surface area contributed by atoms with Gasteiger partial charge in [0.1, 0.15) is 18.7 Å². The van der Waals surface area contributed by atoms with Gasteiger partial charge in [-0.2, -0.15) is 13.2 Å². The molecule has 0 aliphatic heterocycles. The highest BCUT2D eigenvalue weighted by Gasteiger charge is 2.26. The van der Waals surface area contributed by atoms with Crippen LogP contribution >= 0.6 is 0 Å². The molecule has 0 amide bonds. The van der Waals surface area contributed by atoms with Crippen molar-refractivity contribution in [1.29, 1.82) is 0 Å². The molecule has 0 bridgehead atoms. The zero-order chi connectivity index (χ0) is 12.2. The summed E-state index contributed by atoms with van der Waals surface area (Å²) in [7, 11) is 0. The summed E-state index contributed by atoms with van der Waals surface area (Å²) in [6.07, 6.45) is -3.22. The van der Waals surface area contributed by atoms with Crippen LogP contribution in [0.3, 0.4) is 0 Å². The van der Waals surface area contributed by atoms with Crippen LogP contribution in [0.4, 0.5) is 19.0 Å². The molecule has 0 unspecified atom stereocenters. The molecule has 0 saturated heterocycles. The van der Waals surface area contributed by atoms with E-state index >= 15 is 0 Å². The third-order valence-corrected chi connectivity index (χ3v) is 1.47. The van der Waals surface area contributed by atoms with Gasteiger partial charge >= 0.3 is 6.18 Å². The molecular weight excluding hydrogens is 223 g/mol. The summed E-state index contributed by atoms with van der Waals surface area (Å²) in [4.78, 5) is 7.42. The molecule has 4 nitrogen and oxygen atoms in total. The zero-order valence-corrected chi connectivity index (χ0v) is 8.88. The molecular formula is C9H12F3N3O. The van der Waals surface area contributed by atoms with E-state index < -0.39 is 12.7 Å². The van der Waals surface area contributed by atoms with Gasteiger partial charge in [0.05, 0.1) is 6.10 Å². The summed E-state index contributed by atoms with van der Waals surface area (Å²) in [5.41, 5.74) is 0. The maximum absolute atomic E-state index is 11.9. The van der Waals surface area contributed by atoms with E-state index in [0.717, 1.165) is 6.33 Å². The highest BCUT2D eigenvalue weighted by molar-refractivity contribution is 5.37. The van der Waals surface area contributed by atoms with Crippen LogP contribution < -0.4 is 10.1 Å². The Labute approximate surface area is 90.9 Å². The van der Waals surface area contributed by atoms with Gasteiger partial charge in [-0.3, -0.25) is 0 Å². The van der Waals surface area contributed by atoms with Crippen LogP contribution in [0.5, 0.6) is 5.88 Å². The van der Waals surface area contributed by atoms with Gasteiger partial charge in [0.2, 0.25) is 5.88 Å². The molecule has 7 heteroatoms. The highest BCUT2D eigenvalue weighted by atomic mass is 19.4. The summed E-state index contributed by atoms with van der Waals surface area (Å²) >= 11 is 0. The lowest BCUT2D eigenvalue weighted by Crippen LogP contribution is -2.21. The standard InChI is InChI=1S/C9H12F3N3O/c1-6(2)16-8-3-7(14-5-15-8)13-4-9(10,11)12/h3,5-6H,4H2,1-2H3,(H,13,14,15). The van der Waals surface area contributed by atoms with Crippen LogP contribution in [-0.4, -0.2) is 28.8 Å². The number of alkyl halides is 3. The number of aromatic nitrogens is 2. The Hall–Kier alpha value is -1.53. The van der Waals surface area contributed by atoms with E-state index in [0.29, 0.717) is 0 Å². The van der Waals surface area contributed by atoms with Gasteiger partial charge < -0.3 is 10.1 Å². The molecule has 0 fully saturated rings. The lowest BCUT2D eigenvalue weighted by atomic mass is 10.4. The topological polar surface area (TPSA) is 47.0 Å². The number of nitrogens with one attached hydrogen (secondary N) is 1. The van der Waals surface area contributed by atoms with Gasteiger partial charge in [-0.05, 0) is 13.8 Å². The SMILES string of the molecule is CC(C)Oc1cc(NCC(F)(F)F)ncn1. The van der Waals surface area contributed by atoms with Gasteiger partial charge in [-0.15, -0.1) is 0 Å². The number of rotatable bonds is 4. The van der Waals surface area contributed by atoms with Crippen molar-refractivity contribution in [2.24, 2.45) is 0 Å². The van der Waals surface area contributed by atoms with E-state index in [1.165, 1.54) is 6.07 Å². The van der Waals surface area contributed by atoms with Crippen molar-refractivity contribution in [3.63, 3.8) is 0 Å². The Morgan fingerprint density at radius 2 is 2.06 bits per heavy atom. The number of halogens is 3. The van der Waals surface area contributed by atoms with Gasteiger partial charge in [0, 0.05) is 6.07 Å². The minimum absolute atomic E-state index is 0.0861. The van der Waals surface area contributed by atoms with Crippen LogP contribution in [0.2, 0.25) is 0 Å². The van der Waals surface area contributed by atoms with Crippen LogP contribution in [0.25, 0.3) is 0 Å². The number of hydrogen-bond acceptors (Lipinski definition) is 4. The molecule has 0 aliphatic carbocycles. The first-order valence-electron chi connectivity index (χ1n) is 4.66. The van der Waals surface area contributed by atoms with Crippen molar-refractivity contribution >= 4 is 5.82 Å². The molecule has 1 rings (SSSR count). The number of nitrogens with zero attached hydrogens (tertiary/aromatic N) is 2. The highest BCUT2D eigenvalue weighted by Crippen LogP contribution is 2.17. The zero-order valence-electron chi connectivity index (χ0n) is 8.88. The van der Waals surface area contributed by atoms with E-state index in [9.17, 15) is 13.2 Å². The van der Waals surface area contributed by atoms with Crippen LogP contribution in [0.15, 0.2) is 12.4 Å². The molecule has 0 saturated carbocycles. The van der Waals surface area contributed by atoms with E-state index in [2.05, 4.69) is 15.3 Å². The van der Waals surface area contributed by atoms with Crippen molar-refractivity contribution < 1.29 is 17.9 Å². The first kappa shape index (κ1) is 12.5. The minimum atomic E-state index is -4.27. The molecule has 0 radical (unpaired) electrons. The van der Waals surface area contributed by atoms with Crippen LogP contribution in [0, 0.1) is 0 Å². The predicted molar refractivity (Wildman–Crippen MR) is 52.3 cm³/mol. The third kappa shape index (κ3) is 4.81. The summed E-state index contributed by atoms with van der Waals surface area (Å²) in [5.74, 6) is 0.331. The third-order valence-electron chi connectivity index (χ3n) is 1.47. The summed E-state index contributed by atoms with van der Waals surface area (Å²) in [5, 5.41) is 2.14. The quantitative estimate of drug-likeness (QED) is 0.869. The lowest BCUT2D eigenvalue weighted by molar-refractivity contribution is -0.115. The molecule has 1 N–H and O–H groups in total. The summed E-state index contributed by atoms with van der Waals surface area (Å²) in [6, 6.07) is 1.33. The van der Waals surface area contributed by atoms with Gasteiger partial charge in [0.15, 0.2) is 0 Å². The van der Waals surface area contributed by atoms with Crippen molar-refractivity contribution in [2.45, 2.75) is 26.1 Å². The Morgan fingerprint density at radius 1 is 1.38 bits per heavy atom. The van der Waals surface area contributed by atoms with Gasteiger partial charge in [0.25, 0.3) is 0 Å². The Balaban J connectivity index is 2.60. The van der Waals surface area contributed by atoms with Gasteiger partial charge in [-0.25, -0.2) is 9.97 Å². The Bertz CT molecular complexity index is 341. The molecule has 1 aromatic rings. The summed E-state index contributed by atoms with van der Waals surface area (Å²) in [6.45, 7) is 2.46. The van der Waals surface area contributed by atoms with Crippen molar-refractivity contribution in [2.75, 3.05) is 11.9 Å². The number of anilines is 1. The molecule has 1 aromatic heterocycles. The smallest absolute Gasteiger partial charge is 0.405 e. The van der Waals surface area contributed by atoms with E-state index in [1.807, 2.05) is 0 Å². The van der Waals surface area contributed by atoms with Crippen molar-refractivity contribution in [1.82, 2.24) is 9.97 Å². The largest absolute Gasteiger partial charge is 0.475 e. The maximum Gasteiger partial charge on any atom is 0.405 e. The first-order valence-corrected chi connectivity index (χ1v) is 4.66. The molecule has 0 atom stereocenters. The number of hydrogen-bond donors (Lipinski definition) is 1. The maximum atomic E-state index is 11.9. The fraction of sp³-hybridized carbons (Fsp3) is 0.556. The Kier molecular flexibility index (Phi) is 3.92. The number of ether oxygens (including phenoxy) is 1. The normalized spacial score (nSPS) is 11.6. The predicted octanol–water partition coefficient (Wildman–Crippen LogP) is 2.24. The lowest BCUT2D eigenvalue weighted by Gasteiger charge is -2.11. The van der Waals surface area contributed by atoms with Crippen molar-refractivity contribution in [3.05, 3.63) is 12.4 Å². The first-order chi connectivity index (χ1) is 7.37. The fourth-order valence-corrected chi connectivity index (χ4v) is 0.933. The second-order valence-electron chi connectivity index (χ2n) is 3.38. The minimum Gasteiger partial charge on any atom is -0.475 e. The monoisotopic (exact) mass is 235 g/mol. The molecule has 0 aromatic carbocycles. The van der Waals surface area contributed by atoms with Gasteiger partial charge in [-0.1, -0.05) is 0 Å². The molecule has 16 heavy (non-hydrogen) atoms. The van der Waals surface area contributed by atoms with E-state index in [1.54, 1.807) is 13.8 Å². The summed E-state index contributed by atoms with van der Waals surface area (Å²) < 4.78 is 41.0. The van der Waals surface area contributed by atoms with E-state index in [-0.39, 0.29) is 17.8 Å². The molecule has 90 valence electrons. The average molecular weight is 235 g/mol.